The van der Waals surface area contributed by atoms with Crippen molar-refractivity contribution in [1.29, 1.82) is 0 Å². The molecular weight excluding hydrogens is 210 g/mol. The van der Waals surface area contributed by atoms with E-state index in [1.807, 2.05) is 7.05 Å². The minimum atomic E-state index is 1.02. The van der Waals surface area contributed by atoms with Gasteiger partial charge >= 0.3 is 0 Å². The first-order valence-corrected chi connectivity index (χ1v) is 6.21. The molecule has 0 aliphatic carbocycles. The van der Waals surface area contributed by atoms with Crippen LogP contribution in [0.3, 0.4) is 0 Å². The van der Waals surface area contributed by atoms with Gasteiger partial charge in [0.05, 0.1) is 0 Å². The number of nitrogens with one attached hydrogen (secondary N) is 2. The Hall–Kier alpha value is -1.32. The zero-order valence-corrected chi connectivity index (χ0v) is 10.7. The molecule has 2 N–H and O–H groups in total. The highest BCUT2D eigenvalue weighted by molar-refractivity contribution is 5.83. The molecule has 3 nitrogen and oxygen atoms in total. The smallest absolute Gasteiger partial charge is 0.0480 e. The van der Waals surface area contributed by atoms with E-state index in [4.69, 9.17) is 0 Å². The zero-order chi connectivity index (χ0) is 12.1. The molecule has 1 heterocycles. The summed E-state index contributed by atoms with van der Waals surface area (Å²) < 4.78 is 2.21. The lowest BCUT2D eigenvalue weighted by atomic mass is 10.1. The van der Waals surface area contributed by atoms with Gasteiger partial charge in [-0.3, -0.25) is 0 Å². The number of likely N-dealkylation sites (N-methyl/N-ethyl adjacent to an activating group) is 1. The summed E-state index contributed by atoms with van der Waals surface area (Å²) in [6.07, 6.45) is 3.33. The minimum Gasteiger partial charge on any atom is -0.350 e. The third kappa shape index (κ3) is 2.87. The van der Waals surface area contributed by atoms with Gasteiger partial charge < -0.3 is 15.2 Å². The fourth-order valence-corrected chi connectivity index (χ4v) is 2.19. The summed E-state index contributed by atoms with van der Waals surface area (Å²) in [6.45, 7) is 3.09. The van der Waals surface area contributed by atoms with Crippen LogP contribution in [0.15, 0.2) is 30.5 Å². The van der Waals surface area contributed by atoms with Crippen molar-refractivity contribution >= 4 is 10.9 Å². The van der Waals surface area contributed by atoms with Crippen LogP contribution in [0.2, 0.25) is 0 Å². The molecule has 2 rings (SSSR count). The first kappa shape index (κ1) is 12.1. The van der Waals surface area contributed by atoms with Crippen LogP contribution in [0.5, 0.6) is 0 Å². The highest BCUT2D eigenvalue weighted by Crippen LogP contribution is 2.20. The van der Waals surface area contributed by atoms with Gasteiger partial charge in [-0.05, 0) is 31.6 Å². The highest BCUT2D eigenvalue weighted by atomic mass is 14.9. The Kier molecular flexibility index (Phi) is 4.18. The Balaban J connectivity index is 1.99. The molecule has 0 spiro atoms. The molecule has 0 atom stereocenters. The van der Waals surface area contributed by atoms with Gasteiger partial charge in [-0.15, -0.1) is 0 Å². The van der Waals surface area contributed by atoms with Crippen LogP contribution in [0.1, 0.15) is 5.56 Å². The normalized spacial score (nSPS) is 11.2. The lowest BCUT2D eigenvalue weighted by molar-refractivity contribution is 0.649. The van der Waals surface area contributed by atoms with Crippen molar-refractivity contribution < 1.29 is 0 Å². The van der Waals surface area contributed by atoms with E-state index in [0.717, 1.165) is 26.1 Å². The highest BCUT2D eigenvalue weighted by Gasteiger charge is 2.04. The largest absolute Gasteiger partial charge is 0.350 e. The van der Waals surface area contributed by atoms with E-state index in [9.17, 15) is 0 Å². The van der Waals surface area contributed by atoms with Crippen molar-refractivity contribution in [1.82, 2.24) is 15.2 Å². The van der Waals surface area contributed by atoms with Crippen molar-refractivity contribution in [3.63, 3.8) is 0 Å². The number of nitrogens with zero attached hydrogens (tertiary/aromatic N) is 1. The molecule has 0 radical (unpaired) electrons. The second-order valence-corrected chi connectivity index (χ2v) is 4.39. The van der Waals surface area contributed by atoms with Gasteiger partial charge in [-0.25, -0.2) is 0 Å². The average Bonchev–Trinajstić information content (AvgIpc) is 2.67. The summed E-state index contributed by atoms with van der Waals surface area (Å²) in [6, 6.07) is 8.59. The first-order chi connectivity index (χ1) is 8.33. The molecule has 1 aromatic heterocycles. The SMILES string of the molecule is CNCCNCCc1cn(C)c2ccccc12. The predicted molar refractivity (Wildman–Crippen MR) is 73.4 cm³/mol. The Morgan fingerprint density at radius 1 is 1.12 bits per heavy atom. The summed E-state index contributed by atoms with van der Waals surface area (Å²) in [5.41, 5.74) is 2.75. The van der Waals surface area contributed by atoms with Crippen LogP contribution in [0.25, 0.3) is 10.9 Å². The third-order valence-electron chi connectivity index (χ3n) is 3.10. The quantitative estimate of drug-likeness (QED) is 0.738. The fourth-order valence-electron chi connectivity index (χ4n) is 2.19. The van der Waals surface area contributed by atoms with Gasteiger partial charge in [-0.2, -0.15) is 0 Å². The van der Waals surface area contributed by atoms with E-state index >= 15 is 0 Å². The van der Waals surface area contributed by atoms with Gasteiger partial charge in [0.15, 0.2) is 0 Å². The second-order valence-electron chi connectivity index (χ2n) is 4.39. The van der Waals surface area contributed by atoms with Crippen molar-refractivity contribution in [2.24, 2.45) is 7.05 Å². The second kappa shape index (κ2) is 5.84. The fraction of sp³-hybridized carbons (Fsp3) is 0.429. The Morgan fingerprint density at radius 3 is 2.76 bits per heavy atom. The van der Waals surface area contributed by atoms with Gasteiger partial charge in [0.25, 0.3) is 0 Å². The monoisotopic (exact) mass is 231 g/mol. The maximum Gasteiger partial charge on any atom is 0.0480 e. The van der Waals surface area contributed by atoms with Crippen LogP contribution < -0.4 is 10.6 Å². The molecule has 92 valence electrons. The zero-order valence-electron chi connectivity index (χ0n) is 10.7. The van der Waals surface area contributed by atoms with Gasteiger partial charge in [0.1, 0.15) is 0 Å². The standard InChI is InChI=1S/C14H21N3/c1-15-9-10-16-8-7-12-11-17(2)14-6-4-3-5-13(12)14/h3-6,11,15-16H,7-10H2,1-2H3. The molecule has 3 heteroatoms. The van der Waals surface area contributed by atoms with Crippen molar-refractivity contribution in [2.45, 2.75) is 6.42 Å². The van der Waals surface area contributed by atoms with Gasteiger partial charge in [-0.1, -0.05) is 18.2 Å². The lowest BCUT2D eigenvalue weighted by Gasteiger charge is -2.03. The summed E-state index contributed by atoms with van der Waals surface area (Å²) in [7, 11) is 4.09. The number of hydrogen-bond donors (Lipinski definition) is 2. The van der Waals surface area contributed by atoms with E-state index < -0.39 is 0 Å². The molecule has 1 aromatic carbocycles. The Morgan fingerprint density at radius 2 is 1.94 bits per heavy atom. The number of hydrogen-bond acceptors (Lipinski definition) is 2. The summed E-state index contributed by atoms with van der Waals surface area (Å²) >= 11 is 0. The van der Waals surface area contributed by atoms with Crippen LogP contribution >= 0.6 is 0 Å². The number of rotatable bonds is 6. The van der Waals surface area contributed by atoms with E-state index in [1.54, 1.807) is 0 Å². The number of aromatic nitrogens is 1. The maximum absolute atomic E-state index is 3.44. The summed E-state index contributed by atoms with van der Waals surface area (Å²) in [5.74, 6) is 0. The van der Waals surface area contributed by atoms with Gasteiger partial charge in [0.2, 0.25) is 0 Å². The molecule has 0 saturated carbocycles. The van der Waals surface area contributed by atoms with E-state index in [-0.39, 0.29) is 0 Å². The van der Waals surface area contributed by atoms with E-state index in [0.29, 0.717) is 0 Å². The number of fused-ring (bicyclic) bond motifs is 1. The molecular formula is C14H21N3. The average molecular weight is 231 g/mol. The van der Waals surface area contributed by atoms with Crippen LogP contribution in [-0.4, -0.2) is 31.2 Å². The van der Waals surface area contributed by atoms with Crippen molar-refractivity contribution in [3.8, 4) is 0 Å². The topological polar surface area (TPSA) is 29.0 Å². The number of benzene rings is 1. The minimum absolute atomic E-state index is 1.02. The number of para-hydroxylation sites is 1. The molecule has 0 aliphatic heterocycles. The van der Waals surface area contributed by atoms with Crippen LogP contribution in [-0.2, 0) is 13.5 Å². The maximum atomic E-state index is 3.44. The Bertz CT molecular complexity index is 473. The molecule has 17 heavy (non-hydrogen) atoms. The predicted octanol–water partition coefficient (Wildman–Crippen LogP) is 1.53. The Labute approximate surface area is 103 Å². The molecule has 2 aromatic rings. The molecule has 0 unspecified atom stereocenters. The third-order valence-corrected chi connectivity index (χ3v) is 3.10. The van der Waals surface area contributed by atoms with E-state index in [1.165, 1.54) is 16.5 Å². The van der Waals surface area contributed by atoms with Crippen LogP contribution in [0.4, 0.5) is 0 Å². The molecule has 0 aliphatic rings. The first-order valence-electron chi connectivity index (χ1n) is 6.21. The molecule has 0 saturated heterocycles. The van der Waals surface area contributed by atoms with Gasteiger partial charge in [0, 0.05) is 37.2 Å². The van der Waals surface area contributed by atoms with Crippen LogP contribution in [0, 0.1) is 0 Å². The summed E-state index contributed by atoms with van der Waals surface area (Å²) in [5, 5.41) is 7.95. The summed E-state index contributed by atoms with van der Waals surface area (Å²) in [4.78, 5) is 0. The van der Waals surface area contributed by atoms with E-state index in [2.05, 4.69) is 52.7 Å². The lowest BCUT2D eigenvalue weighted by Crippen LogP contribution is -2.26. The molecule has 0 amide bonds. The molecule has 0 bridgehead atoms. The van der Waals surface area contributed by atoms with Crippen molar-refractivity contribution in [2.75, 3.05) is 26.7 Å². The number of aryl methyl sites for hydroxylation is 1. The van der Waals surface area contributed by atoms with Crippen molar-refractivity contribution in [3.05, 3.63) is 36.0 Å². The molecule has 0 fully saturated rings.